The summed E-state index contributed by atoms with van der Waals surface area (Å²) in [4.78, 5) is 0. The van der Waals surface area contributed by atoms with Gasteiger partial charge in [-0.25, -0.2) is 0 Å². The molecular weight excluding hydrogens is 553 g/mol. The Hall–Kier alpha value is -5.46. The minimum atomic E-state index is 0.120. The molecule has 0 fully saturated rings. The fourth-order valence-electron chi connectivity index (χ4n) is 7.06. The second kappa shape index (κ2) is 11.2. The minimum Gasteiger partial charge on any atom is -0.0622 e. The molecule has 0 N–H and O–H groups in total. The highest BCUT2D eigenvalue weighted by molar-refractivity contribution is 6.21. The van der Waals surface area contributed by atoms with Crippen molar-refractivity contribution < 1.29 is 0 Å². The number of fused-ring (bicyclic) bond motifs is 3. The van der Waals surface area contributed by atoms with Crippen molar-refractivity contribution in [1.29, 1.82) is 0 Å². The first-order valence-electron chi connectivity index (χ1n) is 16.2. The van der Waals surface area contributed by atoms with Gasteiger partial charge in [0.15, 0.2) is 0 Å². The maximum atomic E-state index is 2.37. The Bertz CT molecular complexity index is 2310. The molecule has 0 aliphatic rings. The van der Waals surface area contributed by atoms with E-state index in [9.17, 15) is 0 Å². The summed E-state index contributed by atoms with van der Waals surface area (Å²) in [5.74, 6) is 0. The van der Waals surface area contributed by atoms with Gasteiger partial charge in [0.1, 0.15) is 0 Å². The van der Waals surface area contributed by atoms with Crippen LogP contribution in [-0.4, -0.2) is 0 Å². The van der Waals surface area contributed by atoms with Gasteiger partial charge >= 0.3 is 0 Å². The normalized spacial score (nSPS) is 11.8. The molecule has 0 radical (unpaired) electrons. The Morgan fingerprint density at radius 1 is 0.326 bits per heavy atom. The summed E-state index contributed by atoms with van der Waals surface area (Å²) in [5, 5.41) is 7.62. The fourth-order valence-corrected chi connectivity index (χ4v) is 7.06. The first kappa shape index (κ1) is 28.0. The topological polar surface area (TPSA) is 0 Å². The van der Waals surface area contributed by atoms with Crippen LogP contribution in [0.15, 0.2) is 164 Å². The van der Waals surface area contributed by atoms with Gasteiger partial charge in [-0.3, -0.25) is 0 Å². The number of benzene rings is 8. The van der Waals surface area contributed by atoms with E-state index >= 15 is 0 Å². The van der Waals surface area contributed by atoms with Gasteiger partial charge in [-0.1, -0.05) is 172 Å². The van der Waals surface area contributed by atoms with Crippen molar-refractivity contribution >= 4 is 32.3 Å². The van der Waals surface area contributed by atoms with E-state index in [1.54, 1.807) is 0 Å². The molecule has 0 nitrogen and oxygen atoms in total. The molecule has 0 bridgehead atoms. The molecule has 8 rings (SSSR count). The zero-order chi connectivity index (χ0) is 31.3. The maximum absolute atomic E-state index is 2.37. The van der Waals surface area contributed by atoms with Crippen molar-refractivity contribution in [3.63, 3.8) is 0 Å². The highest BCUT2D eigenvalue weighted by Gasteiger charge is 2.18. The Balaban J connectivity index is 1.29. The highest BCUT2D eigenvalue weighted by Crippen LogP contribution is 2.44. The van der Waals surface area contributed by atoms with Crippen LogP contribution in [-0.2, 0) is 5.41 Å². The zero-order valence-corrected chi connectivity index (χ0v) is 26.6. The molecule has 0 saturated carbocycles. The van der Waals surface area contributed by atoms with E-state index in [1.807, 2.05) is 0 Å². The second-order valence-corrected chi connectivity index (χ2v) is 13.4. The molecule has 0 aromatic heterocycles. The van der Waals surface area contributed by atoms with Crippen LogP contribution in [0.1, 0.15) is 26.3 Å². The van der Waals surface area contributed by atoms with Crippen molar-refractivity contribution in [2.45, 2.75) is 26.2 Å². The van der Waals surface area contributed by atoms with Crippen LogP contribution in [0.4, 0.5) is 0 Å². The molecule has 0 atom stereocenters. The van der Waals surface area contributed by atoms with Gasteiger partial charge < -0.3 is 0 Å². The molecule has 0 heteroatoms. The van der Waals surface area contributed by atoms with E-state index in [4.69, 9.17) is 0 Å². The summed E-state index contributed by atoms with van der Waals surface area (Å²) in [7, 11) is 0. The molecule has 220 valence electrons. The van der Waals surface area contributed by atoms with E-state index < -0.39 is 0 Å². The largest absolute Gasteiger partial charge is 0.0622 e. The van der Waals surface area contributed by atoms with Crippen molar-refractivity contribution in [1.82, 2.24) is 0 Å². The Morgan fingerprint density at radius 2 is 0.739 bits per heavy atom. The lowest BCUT2D eigenvalue weighted by molar-refractivity contribution is 0.590. The summed E-state index contributed by atoms with van der Waals surface area (Å²) in [6.07, 6.45) is 0. The van der Waals surface area contributed by atoms with Gasteiger partial charge in [-0.05, 0) is 99.9 Å². The first-order valence-corrected chi connectivity index (χ1v) is 16.2. The highest BCUT2D eigenvalue weighted by atomic mass is 14.2. The smallest absolute Gasteiger partial charge is 0.00262 e. The van der Waals surface area contributed by atoms with Gasteiger partial charge in [-0.2, -0.15) is 0 Å². The van der Waals surface area contributed by atoms with Crippen LogP contribution in [0.2, 0.25) is 0 Å². The Labute approximate surface area is 271 Å². The van der Waals surface area contributed by atoms with E-state index in [2.05, 4.69) is 185 Å². The lowest BCUT2D eigenvalue weighted by Gasteiger charge is -2.21. The van der Waals surface area contributed by atoms with Gasteiger partial charge in [0.05, 0.1) is 0 Å². The van der Waals surface area contributed by atoms with Crippen molar-refractivity contribution in [3.8, 4) is 44.5 Å². The lowest BCUT2D eigenvalue weighted by Crippen LogP contribution is -2.10. The number of hydrogen-bond acceptors (Lipinski definition) is 0. The summed E-state index contributed by atoms with van der Waals surface area (Å²) in [5.41, 5.74) is 11.5. The SMILES string of the molecule is CC(C)(C)c1ccc(-c2c3ccccc3c(-c3ccc4cc(-c5ccccc5-c5ccccc5)ccc4c3)c3ccccc23)cc1. The van der Waals surface area contributed by atoms with E-state index in [-0.39, 0.29) is 5.41 Å². The van der Waals surface area contributed by atoms with E-state index in [0.717, 1.165) is 0 Å². The molecular formula is C46H36. The molecule has 46 heavy (non-hydrogen) atoms. The van der Waals surface area contributed by atoms with Gasteiger partial charge in [0.2, 0.25) is 0 Å². The van der Waals surface area contributed by atoms with E-state index in [0.29, 0.717) is 0 Å². The standard InChI is InChI=1S/C46H36/c1-46(2,3)37-27-25-32(26-28-37)44-40-17-9-11-19-42(40)45(43-20-12-10-18-41(43)44)36-24-22-33-29-35(23-21-34(33)30-36)39-16-8-7-15-38(39)31-13-5-4-6-14-31/h4-30H,1-3H3. The van der Waals surface area contributed by atoms with Gasteiger partial charge in [-0.15, -0.1) is 0 Å². The predicted molar refractivity (Wildman–Crippen MR) is 199 cm³/mol. The van der Waals surface area contributed by atoms with Crippen molar-refractivity contribution in [2.24, 2.45) is 0 Å². The molecule has 0 unspecified atom stereocenters. The Morgan fingerprint density at radius 3 is 1.28 bits per heavy atom. The number of rotatable bonds is 4. The molecule has 0 spiro atoms. The third-order valence-corrected chi connectivity index (χ3v) is 9.42. The Kier molecular flexibility index (Phi) is 6.80. The van der Waals surface area contributed by atoms with E-state index in [1.165, 1.54) is 82.4 Å². The molecule has 8 aromatic carbocycles. The molecule has 0 amide bonds. The number of hydrogen-bond donors (Lipinski definition) is 0. The summed E-state index contributed by atoms with van der Waals surface area (Å²) in [6.45, 7) is 6.82. The van der Waals surface area contributed by atoms with Crippen LogP contribution in [0.25, 0.3) is 76.8 Å². The first-order chi connectivity index (χ1) is 22.5. The quantitative estimate of drug-likeness (QED) is 0.179. The van der Waals surface area contributed by atoms with Crippen LogP contribution in [0.5, 0.6) is 0 Å². The third-order valence-electron chi connectivity index (χ3n) is 9.42. The summed E-state index contributed by atoms with van der Waals surface area (Å²) >= 11 is 0. The average Bonchev–Trinajstić information content (AvgIpc) is 3.10. The molecule has 0 aliphatic heterocycles. The van der Waals surface area contributed by atoms with Crippen LogP contribution in [0.3, 0.4) is 0 Å². The molecule has 0 aliphatic carbocycles. The fraction of sp³-hybridized carbons (Fsp3) is 0.0870. The summed E-state index contributed by atoms with van der Waals surface area (Å²) < 4.78 is 0. The van der Waals surface area contributed by atoms with Crippen molar-refractivity contribution in [3.05, 3.63) is 169 Å². The van der Waals surface area contributed by atoms with Crippen LogP contribution < -0.4 is 0 Å². The predicted octanol–water partition coefficient (Wildman–Crippen LogP) is 13.1. The van der Waals surface area contributed by atoms with Crippen LogP contribution in [0, 0.1) is 0 Å². The van der Waals surface area contributed by atoms with Crippen molar-refractivity contribution in [2.75, 3.05) is 0 Å². The average molecular weight is 589 g/mol. The summed E-state index contributed by atoms with van der Waals surface area (Å²) in [6, 6.07) is 60.3. The minimum absolute atomic E-state index is 0.120. The van der Waals surface area contributed by atoms with Gasteiger partial charge in [0.25, 0.3) is 0 Å². The second-order valence-electron chi connectivity index (χ2n) is 13.4. The third kappa shape index (κ3) is 4.88. The molecule has 0 heterocycles. The molecule has 8 aromatic rings. The van der Waals surface area contributed by atoms with Gasteiger partial charge in [0, 0.05) is 0 Å². The molecule has 0 saturated heterocycles. The lowest BCUT2D eigenvalue weighted by atomic mass is 9.83. The van der Waals surface area contributed by atoms with Crippen LogP contribution >= 0.6 is 0 Å². The monoisotopic (exact) mass is 588 g/mol. The maximum Gasteiger partial charge on any atom is -0.00262 e. The zero-order valence-electron chi connectivity index (χ0n) is 26.6.